The maximum atomic E-state index is 12.2. The Balaban J connectivity index is 1.53. The fraction of sp³-hybridized carbons (Fsp3) is 0.158. The minimum Gasteiger partial charge on any atom is -0.452 e. The van der Waals surface area contributed by atoms with Crippen LogP contribution in [0.4, 0.5) is 5.69 Å². The van der Waals surface area contributed by atoms with Gasteiger partial charge in [-0.25, -0.2) is 4.98 Å². The lowest BCUT2D eigenvalue weighted by Crippen LogP contribution is -2.30. The van der Waals surface area contributed by atoms with Crippen molar-refractivity contribution in [3.8, 4) is 0 Å². The number of esters is 1. The molecule has 1 aromatic heterocycles. The molecule has 1 atom stereocenters. The highest BCUT2D eigenvalue weighted by atomic mass is 35.5. The number of aromatic nitrogens is 2. The smallest absolute Gasteiger partial charge is 0.317 e. The first-order valence-electron chi connectivity index (χ1n) is 8.22. The fourth-order valence-electron chi connectivity index (χ4n) is 2.25. The van der Waals surface area contributed by atoms with Gasteiger partial charge in [0.1, 0.15) is 5.03 Å². The summed E-state index contributed by atoms with van der Waals surface area (Å²) in [4.78, 5) is 33.0. The molecule has 1 N–H and O–H groups in total. The molecule has 0 spiro atoms. The van der Waals surface area contributed by atoms with Gasteiger partial charge in [0, 0.05) is 5.02 Å². The van der Waals surface area contributed by atoms with E-state index >= 15 is 0 Å². The molecule has 1 heterocycles. The van der Waals surface area contributed by atoms with Crippen LogP contribution in [0.2, 0.25) is 10.0 Å². The van der Waals surface area contributed by atoms with Gasteiger partial charge in [0.2, 0.25) is 0 Å². The molecule has 1 unspecified atom stereocenters. The number of halogens is 2. The summed E-state index contributed by atoms with van der Waals surface area (Å²) in [7, 11) is 0. The zero-order valence-electron chi connectivity index (χ0n) is 14.7. The Morgan fingerprint density at radius 3 is 2.71 bits per heavy atom. The SMILES string of the molecule is CC(OC(=O)CSc1cnc2ccccc2n1)C(=O)Nc1cc(Cl)ccc1Cl. The van der Waals surface area contributed by atoms with Gasteiger partial charge in [-0.1, -0.05) is 47.1 Å². The molecule has 3 rings (SSSR count). The lowest BCUT2D eigenvalue weighted by atomic mass is 10.3. The quantitative estimate of drug-likeness (QED) is 0.450. The molecule has 0 aliphatic heterocycles. The third-order valence-electron chi connectivity index (χ3n) is 3.63. The van der Waals surface area contributed by atoms with Gasteiger partial charge in [0.25, 0.3) is 5.91 Å². The molecule has 0 radical (unpaired) electrons. The first-order chi connectivity index (χ1) is 13.4. The molecule has 3 aromatic rings. The zero-order valence-corrected chi connectivity index (χ0v) is 17.0. The van der Waals surface area contributed by atoms with Crippen LogP contribution in [0.1, 0.15) is 6.92 Å². The standard InChI is InChI=1S/C19H15Cl2N3O3S/c1-11(19(26)24-16-8-12(20)6-7-13(16)21)27-18(25)10-28-17-9-22-14-4-2-3-5-15(14)23-17/h2-9,11H,10H2,1H3,(H,24,26). The Morgan fingerprint density at radius 1 is 1.18 bits per heavy atom. The summed E-state index contributed by atoms with van der Waals surface area (Å²) >= 11 is 13.1. The van der Waals surface area contributed by atoms with Crippen LogP contribution in [0.3, 0.4) is 0 Å². The van der Waals surface area contributed by atoms with E-state index in [0.717, 1.165) is 11.0 Å². The van der Waals surface area contributed by atoms with E-state index in [1.165, 1.54) is 24.8 Å². The number of hydrogen-bond acceptors (Lipinski definition) is 6. The maximum Gasteiger partial charge on any atom is 0.317 e. The van der Waals surface area contributed by atoms with Gasteiger partial charge in [0.05, 0.1) is 33.7 Å². The van der Waals surface area contributed by atoms with Crippen LogP contribution in [0, 0.1) is 0 Å². The maximum absolute atomic E-state index is 12.2. The minimum atomic E-state index is -0.995. The van der Waals surface area contributed by atoms with Crippen LogP contribution in [-0.4, -0.2) is 33.7 Å². The van der Waals surface area contributed by atoms with Crippen molar-refractivity contribution in [3.05, 3.63) is 58.7 Å². The third kappa shape index (κ3) is 5.34. The molecule has 6 nitrogen and oxygen atoms in total. The van der Waals surface area contributed by atoms with Gasteiger partial charge in [-0.15, -0.1) is 0 Å². The van der Waals surface area contributed by atoms with Crippen molar-refractivity contribution in [2.24, 2.45) is 0 Å². The molecular formula is C19H15Cl2N3O3S. The monoisotopic (exact) mass is 435 g/mol. The number of hydrogen-bond donors (Lipinski definition) is 1. The number of ether oxygens (including phenoxy) is 1. The number of carbonyl (C=O) groups excluding carboxylic acids is 2. The average molecular weight is 436 g/mol. The molecule has 0 aliphatic rings. The Kier molecular flexibility index (Phi) is 6.72. The van der Waals surface area contributed by atoms with Crippen LogP contribution >= 0.6 is 35.0 Å². The van der Waals surface area contributed by atoms with Gasteiger partial charge in [-0.3, -0.25) is 14.6 Å². The topological polar surface area (TPSA) is 81.2 Å². The largest absolute Gasteiger partial charge is 0.452 e. The first-order valence-corrected chi connectivity index (χ1v) is 9.96. The molecule has 9 heteroatoms. The second-order valence-electron chi connectivity index (χ2n) is 5.73. The normalized spacial score (nSPS) is 11.8. The van der Waals surface area contributed by atoms with E-state index < -0.39 is 18.0 Å². The summed E-state index contributed by atoms with van der Waals surface area (Å²) in [6.07, 6.45) is 0.600. The van der Waals surface area contributed by atoms with E-state index in [0.29, 0.717) is 20.8 Å². The molecule has 0 fully saturated rings. The van der Waals surface area contributed by atoms with Crippen LogP contribution in [0.15, 0.2) is 53.7 Å². The molecule has 1 amide bonds. The van der Waals surface area contributed by atoms with Crippen LogP contribution in [0.25, 0.3) is 11.0 Å². The number of nitrogens with one attached hydrogen (secondary N) is 1. The lowest BCUT2D eigenvalue weighted by Gasteiger charge is -2.14. The molecule has 2 aromatic carbocycles. The summed E-state index contributed by atoms with van der Waals surface area (Å²) in [6.45, 7) is 1.48. The number of nitrogens with zero attached hydrogens (tertiary/aromatic N) is 2. The van der Waals surface area contributed by atoms with Gasteiger partial charge in [-0.2, -0.15) is 0 Å². The first kappa shape index (κ1) is 20.4. The highest BCUT2D eigenvalue weighted by Gasteiger charge is 2.19. The highest BCUT2D eigenvalue weighted by molar-refractivity contribution is 7.99. The van der Waals surface area contributed by atoms with Crippen molar-refractivity contribution in [1.82, 2.24) is 9.97 Å². The fourth-order valence-corrected chi connectivity index (χ4v) is 3.22. The van der Waals surface area contributed by atoms with Gasteiger partial charge >= 0.3 is 5.97 Å². The summed E-state index contributed by atoms with van der Waals surface area (Å²) in [5.41, 5.74) is 1.87. The van der Waals surface area contributed by atoms with E-state index in [2.05, 4.69) is 15.3 Å². The Morgan fingerprint density at radius 2 is 1.93 bits per heavy atom. The lowest BCUT2D eigenvalue weighted by molar-refractivity contribution is -0.150. The van der Waals surface area contributed by atoms with Gasteiger partial charge in [0.15, 0.2) is 6.10 Å². The van der Waals surface area contributed by atoms with Crippen molar-refractivity contribution < 1.29 is 14.3 Å². The van der Waals surface area contributed by atoms with E-state index in [1.807, 2.05) is 24.3 Å². The van der Waals surface area contributed by atoms with E-state index in [-0.39, 0.29) is 5.75 Å². The van der Waals surface area contributed by atoms with Crippen LogP contribution < -0.4 is 5.32 Å². The van der Waals surface area contributed by atoms with Gasteiger partial charge in [-0.05, 0) is 37.3 Å². The van der Waals surface area contributed by atoms with E-state index in [1.54, 1.807) is 18.3 Å². The molecule has 0 bridgehead atoms. The summed E-state index contributed by atoms with van der Waals surface area (Å²) in [5, 5.41) is 3.95. The second-order valence-corrected chi connectivity index (χ2v) is 7.57. The second kappa shape index (κ2) is 9.23. The summed E-state index contributed by atoms with van der Waals surface area (Å²) in [5.74, 6) is -1.05. The van der Waals surface area contributed by atoms with Crippen molar-refractivity contribution in [3.63, 3.8) is 0 Å². The van der Waals surface area contributed by atoms with Crippen molar-refractivity contribution in [1.29, 1.82) is 0 Å². The molecule has 28 heavy (non-hydrogen) atoms. The number of amides is 1. The Bertz CT molecular complexity index is 1030. The highest BCUT2D eigenvalue weighted by Crippen LogP contribution is 2.25. The number of anilines is 1. The summed E-state index contributed by atoms with van der Waals surface area (Å²) < 4.78 is 5.17. The molecule has 0 aliphatic carbocycles. The van der Waals surface area contributed by atoms with E-state index in [4.69, 9.17) is 27.9 Å². The van der Waals surface area contributed by atoms with Crippen LogP contribution in [-0.2, 0) is 14.3 Å². The number of benzene rings is 2. The Labute approximate surface area is 175 Å². The number of rotatable bonds is 6. The number of fused-ring (bicyclic) bond motifs is 1. The zero-order chi connectivity index (χ0) is 20.1. The molecule has 0 saturated heterocycles. The van der Waals surface area contributed by atoms with Crippen LogP contribution in [0.5, 0.6) is 0 Å². The number of para-hydroxylation sites is 2. The Hall–Kier alpha value is -2.35. The van der Waals surface area contributed by atoms with Crippen molar-refractivity contribution in [2.45, 2.75) is 18.1 Å². The summed E-state index contributed by atoms with van der Waals surface area (Å²) in [6, 6.07) is 12.1. The van der Waals surface area contributed by atoms with E-state index in [9.17, 15) is 9.59 Å². The number of thioether (sulfide) groups is 1. The predicted molar refractivity (Wildman–Crippen MR) is 111 cm³/mol. The third-order valence-corrected chi connectivity index (χ3v) is 5.07. The predicted octanol–water partition coefficient (Wildman–Crippen LogP) is 4.60. The van der Waals surface area contributed by atoms with Crippen molar-refractivity contribution in [2.75, 3.05) is 11.1 Å². The number of carbonyl (C=O) groups is 2. The minimum absolute atomic E-state index is 0.00254. The molecule has 0 saturated carbocycles. The van der Waals surface area contributed by atoms with Crippen molar-refractivity contribution >= 4 is 63.6 Å². The average Bonchev–Trinajstić information content (AvgIpc) is 2.69. The van der Waals surface area contributed by atoms with Gasteiger partial charge < -0.3 is 10.1 Å². The molecule has 144 valence electrons. The molecular weight excluding hydrogens is 421 g/mol.